The first-order valence-electron chi connectivity index (χ1n) is 13.1. The number of hydrogen-bond acceptors (Lipinski definition) is 7. The lowest BCUT2D eigenvalue weighted by molar-refractivity contribution is 0.158. The molecule has 6 rings (SSSR count). The Morgan fingerprint density at radius 1 is 1.08 bits per heavy atom. The van der Waals surface area contributed by atoms with Crippen LogP contribution in [0.4, 0.5) is 0 Å². The summed E-state index contributed by atoms with van der Waals surface area (Å²) in [6.07, 6.45) is 5.44. The Hall–Kier alpha value is -3.72. The number of tetrazole rings is 1. The summed E-state index contributed by atoms with van der Waals surface area (Å²) in [6.45, 7) is 5.58. The monoisotopic (exact) mass is 500 g/mol. The summed E-state index contributed by atoms with van der Waals surface area (Å²) in [7, 11) is 0. The lowest BCUT2D eigenvalue weighted by atomic mass is 10.1. The molecule has 2 aliphatic rings. The van der Waals surface area contributed by atoms with Crippen LogP contribution in [0.2, 0.25) is 0 Å². The van der Waals surface area contributed by atoms with Gasteiger partial charge in [-0.1, -0.05) is 49.6 Å². The first-order valence-corrected chi connectivity index (χ1v) is 13.1. The maximum absolute atomic E-state index is 13.2. The van der Waals surface area contributed by atoms with Gasteiger partial charge in [-0.2, -0.15) is 0 Å². The molecule has 1 aliphatic heterocycles. The van der Waals surface area contributed by atoms with E-state index in [4.69, 9.17) is 9.47 Å². The van der Waals surface area contributed by atoms with Crippen LogP contribution in [0, 0.1) is 6.92 Å². The van der Waals surface area contributed by atoms with Crippen LogP contribution >= 0.6 is 0 Å². The normalized spacial score (nSPS) is 16.2. The molecule has 0 radical (unpaired) electrons. The van der Waals surface area contributed by atoms with Crippen LogP contribution in [0.1, 0.15) is 73.6 Å². The van der Waals surface area contributed by atoms with E-state index in [-0.39, 0.29) is 18.4 Å². The molecule has 9 heteroatoms. The highest BCUT2D eigenvalue weighted by molar-refractivity contribution is 5.83. The van der Waals surface area contributed by atoms with Gasteiger partial charge in [0.2, 0.25) is 6.79 Å². The molecule has 4 aromatic rings. The van der Waals surface area contributed by atoms with E-state index in [1.807, 2.05) is 22.9 Å². The van der Waals surface area contributed by atoms with Gasteiger partial charge in [0.15, 0.2) is 17.3 Å². The number of hydrogen-bond donors (Lipinski definition) is 1. The van der Waals surface area contributed by atoms with E-state index in [1.165, 1.54) is 24.0 Å². The Bertz CT molecular complexity index is 1460. The van der Waals surface area contributed by atoms with Crippen molar-refractivity contribution in [1.29, 1.82) is 0 Å². The molecule has 1 N–H and O–H groups in total. The zero-order valence-corrected chi connectivity index (χ0v) is 21.3. The Labute approximate surface area is 215 Å². The molecule has 9 nitrogen and oxygen atoms in total. The predicted octanol–water partition coefficient (Wildman–Crippen LogP) is 4.82. The molecule has 1 aliphatic carbocycles. The number of ether oxygens (including phenoxy) is 2. The van der Waals surface area contributed by atoms with Crippen LogP contribution in [0.15, 0.2) is 47.3 Å². The minimum atomic E-state index is -0.106. The quantitative estimate of drug-likeness (QED) is 0.370. The standard InChI is InChI=1S/C28H32N6O3/c1-3-24(27-30-31-32-34(27)22-6-4-5-7-22)33(15-19-10-8-18(2)9-11-19)16-21-12-20-13-25-26(37-17-36-25)14-23(20)29-28(21)35/h8-14,22,24H,3-7,15-17H2,1-2H3,(H,29,35). The number of H-pyrrole nitrogens is 1. The third-order valence-electron chi connectivity index (χ3n) is 7.61. The van der Waals surface area contributed by atoms with Gasteiger partial charge < -0.3 is 14.5 Å². The summed E-state index contributed by atoms with van der Waals surface area (Å²) in [5.41, 5.74) is 3.73. The molecule has 1 fully saturated rings. The molecular formula is C28H32N6O3. The molecule has 2 aromatic carbocycles. The summed E-state index contributed by atoms with van der Waals surface area (Å²) in [5, 5.41) is 13.9. The summed E-state index contributed by atoms with van der Waals surface area (Å²) in [5.74, 6) is 2.23. The third-order valence-corrected chi connectivity index (χ3v) is 7.61. The first kappa shape index (κ1) is 23.7. The number of nitrogens with one attached hydrogen (secondary N) is 1. The van der Waals surface area contributed by atoms with Gasteiger partial charge in [-0.3, -0.25) is 9.69 Å². The Morgan fingerprint density at radius 3 is 2.59 bits per heavy atom. The smallest absolute Gasteiger partial charge is 0.252 e. The van der Waals surface area contributed by atoms with Crippen molar-refractivity contribution in [3.05, 3.63) is 75.3 Å². The molecule has 0 amide bonds. The SMILES string of the molecule is CCC(c1nnnn1C1CCCC1)N(Cc1ccc(C)cc1)Cc1cc2cc3c(cc2[nH]c1=O)OCO3. The lowest BCUT2D eigenvalue weighted by Crippen LogP contribution is -2.32. The van der Waals surface area contributed by atoms with Gasteiger partial charge in [0.1, 0.15) is 0 Å². The van der Waals surface area contributed by atoms with E-state index in [9.17, 15) is 4.79 Å². The van der Waals surface area contributed by atoms with Crippen LogP contribution in [0.3, 0.4) is 0 Å². The van der Waals surface area contributed by atoms with Crippen LogP contribution in [-0.2, 0) is 13.1 Å². The van der Waals surface area contributed by atoms with Crippen molar-refractivity contribution in [1.82, 2.24) is 30.1 Å². The molecule has 192 valence electrons. The van der Waals surface area contributed by atoms with Gasteiger partial charge in [0.05, 0.1) is 17.6 Å². The second kappa shape index (κ2) is 9.97. The molecule has 3 heterocycles. The molecule has 2 aromatic heterocycles. The molecule has 0 saturated heterocycles. The van der Waals surface area contributed by atoms with Crippen molar-refractivity contribution in [2.75, 3.05) is 6.79 Å². The van der Waals surface area contributed by atoms with E-state index in [0.717, 1.165) is 36.0 Å². The predicted molar refractivity (Wildman–Crippen MR) is 139 cm³/mol. The number of aromatic nitrogens is 5. The number of fused-ring (bicyclic) bond motifs is 2. The second-order valence-corrected chi connectivity index (χ2v) is 10.2. The Kier molecular flexibility index (Phi) is 6.38. The number of aryl methyl sites for hydroxylation is 1. The van der Waals surface area contributed by atoms with Crippen LogP contribution in [0.5, 0.6) is 11.5 Å². The Balaban J connectivity index is 1.38. The van der Waals surface area contributed by atoms with Gasteiger partial charge in [-0.15, -0.1) is 5.10 Å². The zero-order valence-electron chi connectivity index (χ0n) is 21.3. The summed E-state index contributed by atoms with van der Waals surface area (Å²) < 4.78 is 13.1. The molecule has 0 bridgehead atoms. The van der Waals surface area contributed by atoms with Gasteiger partial charge in [-0.25, -0.2) is 4.68 Å². The van der Waals surface area contributed by atoms with Gasteiger partial charge in [-0.05, 0) is 54.3 Å². The highest BCUT2D eigenvalue weighted by Gasteiger charge is 2.30. The summed E-state index contributed by atoms with van der Waals surface area (Å²) in [6, 6.07) is 14.6. The van der Waals surface area contributed by atoms with E-state index < -0.39 is 0 Å². The number of benzene rings is 2. The van der Waals surface area contributed by atoms with Crippen molar-refractivity contribution in [2.45, 2.75) is 71.1 Å². The largest absolute Gasteiger partial charge is 0.454 e. The molecular weight excluding hydrogens is 468 g/mol. The number of aromatic amines is 1. The average Bonchev–Trinajstić information content (AvgIpc) is 3.67. The zero-order chi connectivity index (χ0) is 25.4. The first-order chi connectivity index (χ1) is 18.1. The van der Waals surface area contributed by atoms with E-state index in [2.05, 4.69) is 63.5 Å². The molecule has 1 atom stereocenters. The van der Waals surface area contributed by atoms with Crippen LogP contribution in [0.25, 0.3) is 10.9 Å². The summed E-state index contributed by atoms with van der Waals surface area (Å²) >= 11 is 0. The third kappa shape index (κ3) is 4.71. The van der Waals surface area contributed by atoms with Crippen molar-refractivity contribution in [3.8, 4) is 11.5 Å². The number of pyridine rings is 1. The lowest BCUT2D eigenvalue weighted by Gasteiger charge is -2.31. The fraction of sp³-hybridized carbons (Fsp3) is 0.429. The van der Waals surface area contributed by atoms with E-state index in [1.54, 1.807) is 0 Å². The number of nitrogens with zero attached hydrogens (tertiary/aromatic N) is 5. The highest BCUT2D eigenvalue weighted by atomic mass is 16.7. The van der Waals surface area contributed by atoms with Crippen molar-refractivity contribution in [3.63, 3.8) is 0 Å². The molecule has 1 saturated carbocycles. The van der Waals surface area contributed by atoms with Crippen molar-refractivity contribution >= 4 is 10.9 Å². The van der Waals surface area contributed by atoms with E-state index >= 15 is 0 Å². The van der Waals surface area contributed by atoms with Crippen LogP contribution in [-0.4, -0.2) is 36.9 Å². The maximum atomic E-state index is 13.2. The number of rotatable bonds is 8. The fourth-order valence-corrected chi connectivity index (χ4v) is 5.61. The van der Waals surface area contributed by atoms with Crippen LogP contribution < -0.4 is 15.0 Å². The van der Waals surface area contributed by atoms with Crippen molar-refractivity contribution in [2.24, 2.45) is 0 Å². The molecule has 0 spiro atoms. The summed E-state index contributed by atoms with van der Waals surface area (Å²) in [4.78, 5) is 18.6. The topological polar surface area (TPSA) is 98.2 Å². The van der Waals surface area contributed by atoms with Gasteiger partial charge in [0, 0.05) is 30.1 Å². The average molecular weight is 501 g/mol. The molecule has 1 unspecified atom stereocenters. The second-order valence-electron chi connectivity index (χ2n) is 10.2. The molecule has 37 heavy (non-hydrogen) atoms. The minimum Gasteiger partial charge on any atom is -0.454 e. The van der Waals surface area contributed by atoms with Crippen molar-refractivity contribution < 1.29 is 9.47 Å². The minimum absolute atomic E-state index is 0.0382. The maximum Gasteiger partial charge on any atom is 0.252 e. The Morgan fingerprint density at radius 2 is 1.84 bits per heavy atom. The highest BCUT2D eigenvalue weighted by Crippen LogP contribution is 2.36. The van der Waals surface area contributed by atoms with E-state index in [0.29, 0.717) is 36.2 Å². The van der Waals surface area contributed by atoms with Gasteiger partial charge >= 0.3 is 0 Å². The fourth-order valence-electron chi connectivity index (χ4n) is 5.61. The van der Waals surface area contributed by atoms with Gasteiger partial charge in [0.25, 0.3) is 5.56 Å².